The molecule has 1 N–H and O–H groups in total. The number of allylic oxidation sites excluding steroid dienone is 1. The van der Waals surface area contributed by atoms with E-state index in [0.717, 1.165) is 10.4 Å². The van der Waals surface area contributed by atoms with Gasteiger partial charge in [-0.3, -0.25) is 4.90 Å². The van der Waals surface area contributed by atoms with Gasteiger partial charge >= 0.3 is 6.03 Å². The van der Waals surface area contributed by atoms with Crippen molar-refractivity contribution in [2.45, 2.75) is 19.5 Å². The highest BCUT2D eigenvalue weighted by molar-refractivity contribution is 7.09. The zero-order valence-corrected chi connectivity index (χ0v) is 19.0. The first-order valence-electron chi connectivity index (χ1n) is 10.2. The SMILES string of the molecule is CC1=C(c2nc(-c3ccc(F)cc3)no2)C(c2cccc(Cl)c2)NC(=O)N1Cc1cccs1. The molecular weight excluding hydrogens is 463 g/mol. The largest absolute Gasteiger partial charge is 0.334 e. The van der Waals surface area contributed by atoms with Crippen LogP contribution in [0.15, 0.2) is 76.3 Å². The molecule has 0 fully saturated rings. The van der Waals surface area contributed by atoms with Crippen molar-refractivity contribution in [3.05, 3.63) is 98.9 Å². The third-order valence-corrected chi connectivity index (χ3v) is 6.53. The van der Waals surface area contributed by atoms with Crippen LogP contribution in [0.4, 0.5) is 9.18 Å². The van der Waals surface area contributed by atoms with Crippen LogP contribution in [0.25, 0.3) is 17.0 Å². The molecule has 5 rings (SSSR count). The zero-order valence-electron chi connectivity index (χ0n) is 17.5. The van der Waals surface area contributed by atoms with E-state index >= 15 is 0 Å². The maximum absolute atomic E-state index is 13.3. The molecule has 1 unspecified atom stereocenters. The molecule has 0 radical (unpaired) electrons. The minimum atomic E-state index is -0.530. The molecule has 0 saturated heterocycles. The minimum Gasteiger partial charge on any atom is -0.334 e. The lowest BCUT2D eigenvalue weighted by atomic mass is 9.94. The Morgan fingerprint density at radius 1 is 1.18 bits per heavy atom. The van der Waals surface area contributed by atoms with Crippen molar-refractivity contribution in [3.8, 4) is 11.4 Å². The number of nitrogens with one attached hydrogen (secondary N) is 1. The lowest BCUT2D eigenvalue weighted by molar-refractivity contribution is 0.203. The number of carbonyl (C=O) groups is 1. The molecule has 2 amide bonds. The lowest BCUT2D eigenvalue weighted by Crippen LogP contribution is -2.45. The molecular formula is C24H18ClFN4O2S. The van der Waals surface area contributed by atoms with Gasteiger partial charge in [-0.05, 0) is 60.3 Å². The molecule has 0 saturated carbocycles. The molecule has 9 heteroatoms. The summed E-state index contributed by atoms with van der Waals surface area (Å²) in [6.07, 6.45) is 0. The van der Waals surface area contributed by atoms with Gasteiger partial charge in [-0.2, -0.15) is 4.98 Å². The Labute approximate surface area is 198 Å². The summed E-state index contributed by atoms with van der Waals surface area (Å²) in [5, 5.41) is 9.67. The standard InChI is InChI=1S/C24H18ClFN4O2S/c1-14-20(23-28-22(29-32-23)15-7-9-18(26)10-8-15)21(16-4-2-5-17(25)12-16)27-24(31)30(14)13-19-6-3-11-33-19/h2-12,21H,13H2,1H3,(H,27,31). The maximum Gasteiger partial charge on any atom is 0.322 e. The zero-order chi connectivity index (χ0) is 22.9. The summed E-state index contributed by atoms with van der Waals surface area (Å²) < 4.78 is 19.0. The third-order valence-electron chi connectivity index (χ3n) is 5.43. The van der Waals surface area contributed by atoms with Gasteiger partial charge in [-0.1, -0.05) is 35.0 Å². The molecule has 6 nitrogen and oxygen atoms in total. The molecule has 1 aliphatic rings. The van der Waals surface area contributed by atoms with Crippen LogP contribution in [-0.2, 0) is 6.54 Å². The van der Waals surface area contributed by atoms with Gasteiger partial charge < -0.3 is 9.84 Å². The molecule has 3 heterocycles. The minimum absolute atomic E-state index is 0.229. The Kier molecular flexibility index (Phi) is 5.70. The maximum atomic E-state index is 13.3. The van der Waals surface area contributed by atoms with E-state index in [4.69, 9.17) is 16.1 Å². The van der Waals surface area contributed by atoms with Gasteiger partial charge in [-0.25, -0.2) is 9.18 Å². The fourth-order valence-electron chi connectivity index (χ4n) is 3.79. The molecule has 2 aromatic carbocycles. The van der Waals surface area contributed by atoms with Gasteiger partial charge in [0.05, 0.1) is 18.2 Å². The Hall–Kier alpha value is -3.49. The number of rotatable bonds is 5. The van der Waals surface area contributed by atoms with Crippen LogP contribution in [0.2, 0.25) is 5.02 Å². The molecule has 166 valence electrons. The number of nitrogens with zero attached hydrogens (tertiary/aromatic N) is 3. The van der Waals surface area contributed by atoms with E-state index in [-0.39, 0.29) is 17.7 Å². The average molecular weight is 481 g/mol. The normalized spacial score (nSPS) is 16.3. The van der Waals surface area contributed by atoms with E-state index in [9.17, 15) is 9.18 Å². The summed E-state index contributed by atoms with van der Waals surface area (Å²) in [7, 11) is 0. The van der Waals surface area contributed by atoms with Crippen molar-refractivity contribution in [1.82, 2.24) is 20.4 Å². The average Bonchev–Trinajstić information content (AvgIpc) is 3.49. The summed E-state index contributed by atoms with van der Waals surface area (Å²) in [6, 6.07) is 16.3. The summed E-state index contributed by atoms with van der Waals surface area (Å²) >= 11 is 7.81. The molecule has 1 aliphatic heterocycles. The number of halogens is 2. The monoisotopic (exact) mass is 480 g/mol. The van der Waals surface area contributed by atoms with E-state index in [1.807, 2.05) is 36.6 Å². The second kappa shape index (κ2) is 8.80. The second-order valence-electron chi connectivity index (χ2n) is 7.53. The van der Waals surface area contributed by atoms with Crippen LogP contribution in [0, 0.1) is 5.82 Å². The highest BCUT2D eigenvalue weighted by atomic mass is 35.5. The Morgan fingerprint density at radius 3 is 2.73 bits per heavy atom. The van der Waals surface area contributed by atoms with Crippen LogP contribution in [0.1, 0.15) is 29.3 Å². The predicted octanol–water partition coefficient (Wildman–Crippen LogP) is 6.29. The highest BCUT2D eigenvalue weighted by Gasteiger charge is 2.36. The molecule has 0 bridgehead atoms. The molecule has 0 aliphatic carbocycles. The van der Waals surface area contributed by atoms with Crippen LogP contribution in [0.5, 0.6) is 0 Å². The Morgan fingerprint density at radius 2 is 2.00 bits per heavy atom. The van der Waals surface area contributed by atoms with Gasteiger partial charge in [0.25, 0.3) is 5.89 Å². The molecule has 4 aromatic rings. The van der Waals surface area contributed by atoms with Crippen molar-refractivity contribution in [3.63, 3.8) is 0 Å². The summed E-state index contributed by atoms with van der Waals surface area (Å²) in [5.41, 5.74) is 2.79. The quantitative estimate of drug-likeness (QED) is 0.364. The molecule has 1 atom stereocenters. The summed E-state index contributed by atoms with van der Waals surface area (Å²) in [5.74, 6) is 0.256. The number of urea groups is 1. The first-order chi connectivity index (χ1) is 16.0. The molecule has 2 aromatic heterocycles. The Balaban J connectivity index is 1.60. The third kappa shape index (κ3) is 4.27. The first kappa shape index (κ1) is 21.4. The van der Waals surface area contributed by atoms with Crippen LogP contribution >= 0.6 is 22.9 Å². The van der Waals surface area contributed by atoms with Gasteiger partial charge in [-0.15, -0.1) is 11.3 Å². The fraction of sp³-hybridized carbons (Fsp3) is 0.125. The number of hydrogen-bond acceptors (Lipinski definition) is 5. The number of amides is 2. The second-order valence-corrected chi connectivity index (χ2v) is 9.00. The van der Waals surface area contributed by atoms with Crippen LogP contribution in [0.3, 0.4) is 0 Å². The van der Waals surface area contributed by atoms with E-state index in [2.05, 4.69) is 15.5 Å². The number of thiophene rings is 1. The molecule has 33 heavy (non-hydrogen) atoms. The van der Waals surface area contributed by atoms with Crippen molar-refractivity contribution >= 4 is 34.5 Å². The van der Waals surface area contributed by atoms with Gasteiger partial charge in [0, 0.05) is 21.2 Å². The van der Waals surface area contributed by atoms with Gasteiger partial charge in [0.1, 0.15) is 5.82 Å². The summed E-state index contributed by atoms with van der Waals surface area (Å²) in [6.45, 7) is 2.28. The van der Waals surface area contributed by atoms with Crippen LogP contribution < -0.4 is 5.32 Å². The van der Waals surface area contributed by atoms with Crippen LogP contribution in [-0.4, -0.2) is 21.1 Å². The summed E-state index contributed by atoms with van der Waals surface area (Å²) in [4.78, 5) is 20.4. The van der Waals surface area contributed by atoms with Crippen molar-refractivity contribution in [1.29, 1.82) is 0 Å². The Bertz CT molecular complexity index is 1330. The predicted molar refractivity (Wildman–Crippen MR) is 125 cm³/mol. The van der Waals surface area contributed by atoms with E-state index < -0.39 is 6.04 Å². The van der Waals surface area contributed by atoms with Crippen molar-refractivity contribution < 1.29 is 13.7 Å². The van der Waals surface area contributed by atoms with Gasteiger partial charge in [0.2, 0.25) is 5.82 Å². The topological polar surface area (TPSA) is 71.3 Å². The number of benzene rings is 2. The smallest absolute Gasteiger partial charge is 0.322 e. The first-order valence-corrected chi connectivity index (χ1v) is 11.4. The number of hydrogen-bond donors (Lipinski definition) is 1. The van der Waals surface area contributed by atoms with E-state index in [1.54, 1.807) is 40.5 Å². The number of aromatic nitrogens is 2. The van der Waals surface area contributed by atoms with Crippen molar-refractivity contribution in [2.75, 3.05) is 0 Å². The lowest BCUT2D eigenvalue weighted by Gasteiger charge is -2.35. The molecule has 0 spiro atoms. The van der Waals surface area contributed by atoms with E-state index in [0.29, 0.717) is 34.2 Å². The van der Waals surface area contributed by atoms with E-state index in [1.165, 1.54) is 12.1 Å². The van der Waals surface area contributed by atoms with Gasteiger partial charge in [0.15, 0.2) is 0 Å². The van der Waals surface area contributed by atoms with Crippen molar-refractivity contribution in [2.24, 2.45) is 0 Å². The highest BCUT2D eigenvalue weighted by Crippen LogP contribution is 2.38. The number of carbonyl (C=O) groups excluding carboxylic acids is 1. The fourth-order valence-corrected chi connectivity index (χ4v) is 4.68.